The number of anilines is 1. The summed E-state index contributed by atoms with van der Waals surface area (Å²) in [5, 5.41) is 3.80. The van der Waals surface area contributed by atoms with Crippen LogP contribution < -0.4 is 11.1 Å². The zero-order valence-electron chi connectivity index (χ0n) is 21.0. The summed E-state index contributed by atoms with van der Waals surface area (Å²) in [4.78, 5) is 35.8. The number of carbonyl (C=O) groups is 2. The molecule has 9 heteroatoms. The van der Waals surface area contributed by atoms with E-state index < -0.39 is 11.7 Å². The number of benzene rings is 2. The van der Waals surface area contributed by atoms with Crippen LogP contribution in [-0.4, -0.2) is 51.6 Å². The van der Waals surface area contributed by atoms with E-state index in [0.29, 0.717) is 42.2 Å². The highest BCUT2D eigenvalue weighted by Crippen LogP contribution is 2.31. The number of fused-ring (bicyclic) bond motifs is 1. The number of para-hydroxylation sites is 1. The summed E-state index contributed by atoms with van der Waals surface area (Å²) in [6, 6.07) is 16.7. The lowest BCUT2D eigenvalue weighted by Gasteiger charge is -2.22. The second-order valence-electron chi connectivity index (χ2n) is 10.1. The molecule has 37 heavy (non-hydrogen) atoms. The van der Waals surface area contributed by atoms with Crippen molar-refractivity contribution < 1.29 is 18.7 Å². The van der Waals surface area contributed by atoms with Gasteiger partial charge in [-0.1, -0.05) is 30.3 Å². The SMILES string of the molecule is CC(C)(C)OC(=O)NC1CCN(C(=O)c2ccc(-c3cnc(N)c(-c4cc5ccccc5o4)n3)cc2)C1. The van der Waals surface area contributed by atoms with Crippen molar-refractivity contribution in [1.29, 1.82) is 0 Å². The summed E-state index contributed by atoms with van der Waals surface area (Å²) in [5.41, 5.74) is 8.73. The third-order valence-corrected chi connectivity index (χ3v) is 6.08. The van der Waals surface area contributed by atoms with Crippen LogP contribution in [0.25, 0.3) is 33.7 Å². The Morgan fingerprint density at radius 1 is 1.14 bits per heavy atom. The molecule has 9 nitrogen and oxygen atoms in total. The van der Waals surface area contributed by atoms with E-state index in [9.17, 15) is 9.59 Å². The summed E-state index contributed by atoms with van der Waals surface area (Å²) in [6.45, 7) is 6.44. The zero-order chi connectivity index (χ0) is 26.2. The lowest BCUT2D eigenvalue weighted by atomic mass is 10.1. The Balaban J connectivity index is 1.28. The molecule has 2 amide bonds. The minimum atomic E-state index is -0.568. The van der Waals surface area contributed by atoms with Crippen molar-refractivity contribution in [3.8, 4) is 22.7 Å². The topological polar surface area (TPSA) is 124 Å². The van der Waals surface area contributed by atoms with E-state index in [1.54, 1.807) is 23.2 Å². The Morgan fingerprint density at radius 2 is 1.89 bits per heavy atom. The van der Waals surface area contributed by atoms with E-state index in [0.717, 1.165) is 16.5 Å². The Labute approximate surface area is 214 Å². The smallest absolute Gasteiger partial charge is 0.407 e. The predicted molar refractivity (Wildman–Crippen MR) is 141 cm³/mol. The van der Waals surface area contributed by atoms with E-state index in [1.807, 2.05) is 63.2 Å². The molecule has 3 N–H and O–H groups in total. The largest absolute Gasteiger partial charge is 0.454 e. The molecule has 0 spiro atoms. The second-order valence-corrected chi connectivity index (χ2v) is 10.1. The van der Waals surface area contributed by atoms with Crippen molar-refractivity contribution in [2.45, 2.75) is 38.8 Å². The van der Waals surface area contributed by atoms with E-state index in [1.165, 1.54) is 0 Å². The van der Waals surface area contributed by atoms with Gasteiger partial charge in [0.25, 0.3) is 5.91 Å². The van der Waals surface area contributed by atoms with Crippen LogP contribution in [0.5, 0.6) is 0 Å². The number of nitrogens with two attached hydrogens (primary N) is 1. The molecule has 1 aliphatic heterocycles. The van der Waals surface area contributed by atoms with Crippen LogP contribution in [-0.2, 0) is 4.74 Å². The minimum Gasteiger partial charge on any atom is -0.454 e. The van der Waals surface area contributed by atoms with Gasteiger partial charge in [-0.25, -0.2) is 14.8 Å². The number of nitrogens with zero attached hydrogens (tertiary/aromatic N) is 3. The first-order valence-corrected chi connectivity index (χ1v) is 12.2. The van der Waals surface area contributed by atoms with Gasteiger partial charge in [0.05, 0.1) is 17.9 Å². The number of ether oxygens (including phenoxy) is 1. The molecule has 0 bridgehead atoms. The van der Waals surface area contributed by atoms with Gasteiger partial charge in [0.1, 0.15) is 16.9 Å². The summed E-state index contributed by atoms with van der Waals surface area (Å²) in [7, 11) is 0. The summed E-state index contributed by atoms with van der Waals surface area (Å²) in [6.07, 6.45) is 1.81. The monoisotopic (exact) mass is 499 g/mol. The highest BCUT2D eigenvalue weighted by Gasteiger charge is 2.29. The minimum absolute atomic E-state index is 0.0913. The molecule has 0 aliphatic carbocycles. The van der Waals surface area contributed by atoms with Crippen LogP contribution in [0.15, 0.2) is 65.2 Å². The molecule has 2 aromatic heterocycles. The van der Waals surface area contributed by atoms with Crippen LogP contribution in [0, 0.1) is 0 Å². The quantitative estimate of drug-likeness (QED) is 0.410. The molecule has 1 unspecified atom stereocenters. The first-order chi connectivity index (χ1) is 17.7. The molecular formula is C28H29N5O4. The number of furan rings is 1. The molecule has 1 atom stereocenters. The van der Waals surface area contributed by atoms with Crippen LogP contribution in [0.4, 0.5) is 10.6 Å². The average Bonchev–Trinajstić information content (AvgIpc) is 3.50. The van der Waals surface area contributed by atoms with Gasteiger partial charge in [0.15, 0.2) is 11.6 Å². The van der Waals surface area contributed by atoms with Crippen LogP contribution in [0.3, 0.4) is 0 Å². The molecular weight excluding hydrogens is 470 g/mol. The Morgan fingerprint density at radius 3 is 2.62 bits per heavy atom. The second kappa shape index (κ2) is 9.57. The lowest BCUT2D eigenvalue weighted by molar-refractivity contribution is 0.0502. The van der Waals surface area contributed by atoms with Gasteiger partial charge in [-0.2, -0.15) is 0 Å². The molecule has 1 aliphatic rings. The number of nitrogens with one attached hydrogen (secondary N) is 1. The zero-order valence-corrected chi connectivity index (χ0v) is 21.0. The summed E-state index contributed by atoms with van der Waals surface area (Å²) >= 11 is 0. The number of likely N-dealkylation sites (tertiary alicyclic amines) is 1. The molecule has 2 aromatic carbocycles. The maximum Gasteiger partial charge on any atom is 0.407 e. The fourth-order valence-electron chi connectivity index (χ4n) is 4.32. The maximum absolute atomic E-state index is 13.0. The number of alkyl carbamates (subject to hydrolysis) is 1. The highest BCUT2D eigenvalue weighted by atomic mass is 16.6. The normalized spacial score (nSPS) is 15.6. The van der Waals surface area contributed by atoms with Gasteiger partial charge in [-0.3, -0.25) is 4.79 Å². The molecule has 190 valence electrons. The van der Waals surface area contributed by atoms with Gasteiger partial charge >= 0.3 is 6.09 Å². The standard InChI is InChI=1S/C28H29N5O4/c1-28(2,3)37-27(35)31-20-12-13-33(16-20)26(34)18-10-8-17(9-11-18)21-15-30-25(29)24(32-21)23-14-19-6-4-5-7-22(19)36-23/h4-11,14-15,20H,12-13,16H2,1-3H3,(H2,29,30)(H,31,35). The maximum atomic E-state index is 13.0. The molecule has 0 radical (unpaired) electrons. The van der Waals surface area contributed by atoms with Gasteiger partial charge in [-0.15, -0.1) is 0 Å². The van der Waals surface area contributed by atoms with Gasteiger partial charge in [0.2, 0.25) is 0 Å². The van der Waals surface area contributed by atoms with Crippen molar-refractivity contribution in [3.05, 3.63) is 66.4 Å². The number of carbonyl (C=O) groups excluding carboxylic acids is 2. The average molecular weight is 500 g/mol. The van der Waals surface area contributed by atoms with Crippen molar-refractivity contribution >= 4 is 28.8 Å². The molecule has 3 heterocycles. The van der Waals surface area contributed by atoms with Crippen molar-refractivity contribution in [3.63, 3.8) is 0 Å². The first kappa shape index (κ1) is 24.3. The van der Waals surface area contributed by atoms with Gasteiger partial charge < -0.3 is 25.1 Å². The van der Waals surface area contributed by atoms with E-state index in [2.05, 4.69) is 10.3 Å². The lowest BCUT2D eigenvalue weighted by Crippen LogP contribution is -2.41. The predicted octanol–water partition coefficient (Wildman–Crippen LogP) is 4.88. The molecule has 1 fully saturated rings. The third kappa shape index (κ3) is 5.40. The number of nitrogen functional groups attached to an aromatic ring is 1. The van der Waals surface area contributed by atoms with Crippen molar-refractivity contribution in [2.75, 3.05) is 18.8 Å². The molecule has 4 aromatic rings. The fourth-order valence-corrected chi connectivity index (χ4v) is 4.32. The van der Waals surface area contributed by atoms with Crippen molar-refractivity contribution in [2.24, 2.45) is 0 Å². The Kier molecular flexibility index (Phi) is 6.29. The van der Waals surface area contributed by atoms with E-state index >= 15 is 0 Å². The fraction of sp³-hybridized carbons (Fsp3) is 0.286. The molecule has 5 rings (SSSR count). The van der Waals surface area contributed by atoms with Crippen LogP contribution >= 0.6 is 0 Å². The summed E-state index contributed by atoms with van der Waals surface area (Å²) < 4.78 is 11.2. The van der Waals surface area contributed by atoms with E-state index in [4.69, 9.17) is 19.9 Å². The number of amides is 2. The Hall–Kier alpha value is -4.40. The van der Waals surface area contributed by atoms with Gasteiger partial charge in [-0.05, 0) is 51.5 Å². The van der Waals surface area contributed by atoms with Crippen LogP contribution in [0.1, 0.15) is 37.6 Å². The van der Waals surface area contributed by atoms with Crippen molar-refractivity contribution in [1.82, 2.24) is 20.2 Å². The molecule has 1 saturated heterocycles. The summed E-state index contributed by atoms with van der Waals surface area (Å²) in [5.74, 6) is 0.730. The van der Waals surface area contributed by atoms with E-state index in [-0.39, 0.29) is 17.8 Å². The number of hydrogen-bond acceptors (Lipinski definition) is 7. The number of rotatable bonds is 4. The first-order valence-electron chi connectivity index (χ1n) is 12.2. The van der Waals surface area contributed by atoms with Crippen LogP contribution in [0.2, 0.25) is 0 Å². The number of hydrogen-bond donors (Lipinski definition) is 2. The van der Waals surface area contributed by atoms with Gasteiger partial charge in [0, 0.05) is 29.6 Å². The number of aromatic nitrogens is 2. The Bertz CT molecular complexity index is 1420. The third-order valence-electron chi connectivity index (χ3n) is 6.08. The molecule has 0 saturated carbocycles. The highest BCUT2D eigenvalue weighted by molar-refractivity contribution is 5.95.